The summed E-state index contributed by atoms with van der Waals surface area (Å²) in [6, 6.07) is -0.352. The Kier molecular flexibility index (Phi) is 7.90. The molecule has 1 aliphatic heterocycles. The minimum absolute atomic E-state index is 0.0813. The van der Waals surface area contributed by atoms with Crippen molar-refractivity contribution in [1.29, 1.82) is 0 Å². The van der Waals surface area contributed by atoms with Crippen molar-refractivity contribution in [1.82, 2.24) is 15.3 Å². The van der Waals surface area contributed by atoms with Crippen molar-refractivity contribution >= 4 is 11.9 Å². The third-order valence-corrected chi connectivity index (χ3v) is 4.04. The Balaban J connectivity index is 2.04. The molecule has 1 aromatic heterocycles. The molecule has 1 aliphatic rings. The molecule has 1 amide bonds. The van der Waals surface area contributed by atoms with Gasteiger partial charge in [-0.2, -0.15) is 4.98 Å². The van der Waals surface area contributed by atoms with Crippen molar-refractivity contribution in [3.63, 3.8) is 0 Å². The molecule has 1 fully saturated rings. The number of anilines is 1. The van der Waals surface area contributed by atoms with Crippen LogP contribution in [-0.4, -0.2) is 53.5 Å². The first kappa shape index (κ1) is 20.2. The van der Waals surface area contributed by atoms with E-state index in [-0.39, 0.29) is 18.5 Å². The highest BCUT2D eigenvalue weighted by atomic mass is 16.6. The molecule has 2 N–H and O–H groups in total. The van der Waals surface area contributed by atoms with Crippen LogP contribution in [0.15, 0.2) is 6.20 Å². The van der Waals surface area contributed by atoms with Gasteiger partial charge in [0.15, 0.2) is 5.82 Å². The summed E-state index contributed by atoms with van der Waals surface area (Å²) in [4.78, 5) is 22.9. The van der Waals surface area contributed by atoms with Gasteiger partial charge >= 0.3 is 6.09 Å². The van der Waals surface area contributed by atoms with Crippen molar-refractivity contribution in [2.75, 3.05) is 31.2 Å². The standard InChI is InChI=1S/C18H30N4O4/c1-4-9-25-17-16(22-7-5-6-8-22)19-11-15(21-17)26-18(24)20-14(12-23)10-13(2)3/h11,13-14,23H,4-10,12H2,1-3H3,(H,20,24)/t14-/m0/s1. The molecule has 0 aliphatic carbocycles. The van der Waals surface area contributed by atoms with Crippen LogP contribution in [0.3, 0.4) is 0 Å². The van der Waals surface area contributed by atoms with Gasteiger partial charge in [-0.25, -0.2) is 9.78 Å². The molecule has 2 rings (SSSR count). The van der Waals surface area contributed by atoms with E-state index in [0.29, 0.717) is 30.6 Å². The molecule has 0 spiro atoms. The first-order valence-electron chi connectivity index (χ1n) is 9.37. The third-order valence-electron chi connectivity index (χ3n) is 4.04. The second-order valence-corrected chi connectivity index (χ2v) is 6.92. The summed E-state index contributed by atoms with van der Waals surface area (Å²) >= 11 is 0. The first-order chi connectivity index (χ1) is 12.5. The summed E-state index contributed by atoms with van der Waals surface area (Å²) in [6.07, 6.45) is 4.52. The minimum Gasteiger partial charge on any atom is -0.475 e. The van der Waals surface area contributed by atoms with Crippen LogP contribution in [-0.2, 0) is 0 Å². The number of carbonyl (C=O) groups is 1. The molecule has 0 unspecified atom stereocenters. The molecule has 8 heteroatoms. The summed E-state index contributed by atoms with van der Waals surface area (Å²) < 4.78 is 10.9. The van der Waals surface area contributed by atoms with Gasteiger partial charge in [-0.05, 0) is 31.6 Å². The molecule has 0 saturated carbocycles. The largest absolute Gasteiger partial charge is 0.475 e. The molecular weight excluding hydrogens is 336 g/mol. The van der Waals surface area contributed by atoms with Crippen LogP contribution in [0.5, 0.6) is 11.8 Å². The molecular formula is C18H30N4O4. The van der Waals surface area contributed by atoms with Crippen LogP contribution in [0.4, 0.5) is 10.6 Å². The van der Waals surface area contributed by atoms with Crippen LogP contribution in [0, 0.1) is 5.92 Å². The van der Waals surface area contributed by atoms with E-state index in [1.807, 2.05) is 20.8 Å². The fourth-order valence-electron chi connectivity index (χ4n) is 2.88. The molecule has 0 bridgehead atoms. The average Bonchev–Trinajstić information content (AvgIpc) is 3.13. The monoisotopic (exact) mass is 366 g/mol. The Labute approximate surface area is 154 Å². The first-order valence-corrected chi connectivity index (χ1v) is 9.37. The number of ether oxygens (including phenoxy) is 2. The van der Waals surface area contributed by atoms with Gasteiger partial charge in [0, 0.05) is 13.1 Å². The third kappa shape index (κ3) is 6.01. The Morgan fingerprint density at radius 1 is 1.38 bits per heavy atom. The molecule has 1 saturated heterocycles. The zero-order valence-corrected chi connectivity index (χ0v) is 15.9. The van der Waals surface area contributed by atoms with E-state index in [1.54, 1.807) is 0 Å². The van der Waals surface area contributed by atoms with Crippen molar-refractivity contribution < 1.29 is 19.4 Å². The molecule has 8 nitrogen and oxygen atoms in total. The Morgan fingerprint density at radius 2 is 2.12 bits per heavy atom. The van der Waals surface area contributed by atoms with Gasteiger partial charge in [-0.1, -0.05) is 20.8 Å². The molecule has 1 aromatic rings. The fraction of sp³-hybridized carbons (Fsp3) is 0.722. The lowest BCUT2D eigenvalue weighted by atomic mass is 10.0. The zero-order valence-electron chi connectivity index (χ0n) is 15.9. The van der Waals surface area contributed by atoms with Crippen LogP contribution in [0.2, 0.25) is 0 Å². The molecule has 146 valence electrons. The lowest BCUT2D eigenvalue weighted by Crippen LogP contribution is -2.40. The Morgan fingerprint density at radius 3 is 2.73 bits per heavy atom. The number of aliphatic hydroxyl groups excluding tert-OH is 1. The van der Waals surface area contributed by atoms with E-state index < -0.39 is 6.09 Å². The van der Waals surface area contributed by atoms with Crippen LogP contribution >= 0.6 is 0 Å². The maximum atomic E-state index is 12.1. The number of aromatic nitrogens is 2. The second-order valence-electron chi connectivity index (χ2n) is 6.92. The molecule has 26 heavy (non-hydrogen) atoms. The van der Waals surface area contributed by atoms with Gasteiger partial charge < -0.3 is 24.8 Å². The topological polar surface area (TPSA) is 96.8 Å². The normalized spacial score (nSPS) is 15.2. The van der Waals surface area contributed by atoms with Crippen LogP contribution in [0.25, 0.3) is 0 Å². The van der Waals surface area contributed by atoms with E-state index in [2.05, 4.69) is 20.2 Å². The number of hydrogen-bond acceptors (Lipinski definition) is 7. The average molecular weight is 366 g/mol. The maximum absolute atomic E-state index is 12.1. The number of aliphatic hydroxyl groups is 1. The van der Waals surface area contributed by atoms with Crippen molar-refractivity contribution in [2.24, 2.45) is 5.92 Å². The number of hydrogen-bond donors (Lipinski definition) is 2. The quantitative estimate of drug-likeness (QED) is 0.692. The predicted octanol–water partition coefficient (Wildman–Crippen LogP) is 2.36. The number of nitrogens with one attached hydrogen (secondary N) is 1. The zero-order chi connectivity index (χ0) is 18.9. The number of amides is 1. The number of nitrogens with zero attached hydrogens (tertiary/aromatic N) is 3. The molecule has 1 atom stereocenters. The minimum atomic E-state index is -0.658. The second kappa shape index (κ2) is 10.2. The number of carbonyl (C=O) groups excluding carboxylic acids is 1. The maximum Gasteiger partial charge on any atom is 0.414 e. The van der Waals surface area contributed by atoms with Crippen molar-refractivity contribution in [3.05, 3.63) is 6.20 Å². The number of rotatable bonds is 9. The SMILES string of the molecule is CCCOc1nc(OC(=O)N[C@H](CO)CC(C)C)cnc1N1CCCC1. The summed E-state index contributed by atoms with van der Waals surface area (Å²) in [6.45, 7) is 8.28. The highest BCUT2D eigenvalue weighted by Gasteiger charge is 2.21. The molecule has 0 aromatic carbocycles. The van der Waals surface area contributed by atoms with Gasteiger partial charge in [0.2, 0.25) is 5.88 Å². The van der Waals surface area contributed by atoms with E-state index in [1.165, 1.54) is 6.20 Å². The fourth-order valence-corrected chi connectivity index (χ4v) is 2.88. The van der Waals surface area contributed by atoms with E-state index >= 15 is 0 Å². The van der Waals surface area contributed by atoms with Crippen LogP contribution in [0.1, 0.15) is 46.5 Å². The summed E-state index contributed by atoms with van der Waals surface area (Å²) in [5.41, 5.74) is 0. The van der Waals surface area contributed by atoms with Gasteiger partial charge in [-0.15, -0.1) is 0 Å². The van der Waals surface area contributed by atoms with E-state index in [4.69, 9.17) is 9.47 Å². The molecule has 0 radical (unpaired) electrons. The van der Waals surface area contributed by atoms with Gasteiger partial charge in [0.05, 0.1) is 25.5 Å². The van der Waals surface area contributed by atoms with Crippen molar-refractivity contribution in [2.45, 2.75) is 52.5 Å². The summed E-state index contributed by atoms with van der Waals surface area (Å²) in [5.74, 6) is 1.51. The van der Waals surface area contributed by atoms with Crippen molar-refractivity contribution in [3.8, 4) is 11.8 Å². The highest BCUT2D eigenvalue weighted by molar-refractivity contribution is 5.70. The predicted molar refractivity (Wildman–Crippen MR) is 98.8 cm³/mol. The van der Waals surface area contributed by atoms with E-state index in [0.717, 1.165) is 32.4 Å². The lowest BCUT2D eigenvalue weighted by molar-refractivity contribution is 0.175. The molecule has 2 heterocycles. The summed E-state index contributed by atoms with van der Waals surface area (Å²) in [5, 5.41) is 12.0. The van der Waals surface area contributed by atoms with Crippen LogP contribution < -0.4 is 19.7 Å². The van der Waals surface area contributed by atoms with Gasteiger partial charge in [0.1, 0.15) is 0 Å². The highest BCUT2D eigenvalue weighted by Crippen LogP contribution is 2.28. The van der Waals surface area contributed by atoms with Gasteiger partial charge in [0.25, 0.3) is 5.88 Å². The lowest BCUT2D eigenvalue weighted by Gasteiger charge is -2.20. The Hall–Kier alpha value is -2.09. The van der Waals surface area contributed by atoms with Gasteiger partial charge in [-0.3, -0.25) is 0 Å². The Bertz CT molecular complexity index is 576. The van der Waals surface area contributed by atoms with E-state index in [9.17, 15) is 9.90 Å². The summed E-state index contributed by atoms with van der Waals surface area (Å²) in [7, 11) is 0. The smallest absolute Gasteiger partial charge is 0.414 e.